The number of nitrogens with one attached hydrogen (secondary N) is 4. The van der Waals surface area contributed by atoms with Gasteiger partial charge in [0.05, 0.1) is 38.2 Å². The highest BCUT2D eigenvalue weighted by molar-refractivity contribution is 5.87. The molecule has 2 aliphatic heterocycles. The van der Waals surface area contributed by atoms with E-state index < -0.39 is 24.3 Å². The van der Waals surface area contributed by atoms with Crippen molar-refractivity contribution in [1.29, 1.82) is 0 Å². The molecule has 2 bridgehead atoms. The van der Waals surface area contributed by atoms with Crippen LogP contribution in [0.3, 0.4) is 0 Å². The summed E-state index contributed by atoms with van der Waals surface area (Å²) in [6, 6.07) is 7.18. The highest BCUT2D eigenvalue weighted by Crippen LogP contribution is 2.58. The third-order valence-corrected chi connectivity index (χ3v) is 13.3. The van der Waals surface area contributed by atoms with Crippen LogP contribution < -0.4 is 10.6 Å². The number of hydrogen-bond donors (Lipinski definition) is 4. The average Bonchev–Trinajstić information content (AvgIpc) is 4.06. The van der Waals surface area contributed by atoms with Crippen molar-refractivity contribution in [3.8, 4) is 11.3 Å². The normalized spacial score (nSPS) is 25.7. The SMILES string of the molecule is COC(=O)NC(C(=O)N1CCC[C@H]1c1ncc(-c2cccc(C34CCC(c5cnc([C@@H]6CCCN6C(=O)[C@@H](NC(=O)OC)C(C)C)[nH]5)(CC3)CC4)c2)[nH]1)C(C)C. The zero-order chi connectivity index (χ0) is 39.8. The van der Waals surface area contributed by atoms with E-state index in [1.807, 2.05) is 49.9 Å². The molecule has 14 nitrogen and oxygen atoms in total. The Balaban J connectivity index is 1.02. The lowest BCUT2D eigenvalue weighted by Crippen LogP contribution is -2.51. The van der Waals surface area contributed by atoms with Crippen molar-refractivity contribution in [1.82, 2.24) is 40.4 Å². The number of imidazole rings is 2. The average molecular weight is 771 g/mol. The number of carbonyl (C=O) groups is 4. The smallest absolute Gasteiger partial charge is 0.407 e. The molecule has 0 radical (unpaired) electrons. The van der Waals surface area contributed by atoms with Gasteiger partial charge in [-0.1, -0.05) is 45.9 Å². The first-order valence-corrected chi connectivity index (χ1v) is 20.4. The molecular formula is C42H58N8O6. The first kappa shape index (κ1) is 39.4. The lowest BCUT2D eigenvalue weighted by molar-refractivity contribution is -0.136. The van der Waals surface area contributed by atoms with Crippen molar-refractivity contribution in [3.63, 3.8) is 0 Å². The van der Waals surface area contributed by atoms with Gasteiger partial charge < -0.3 is 39.9 Å². The van der Waals surface area contributed by atoms with Crippen LogP contribution in [-0.2, 0) is 29.9 Å². The van der Waals surface area contributed by atoms with Gasteiger partial charge in [0, 0.05) is 30.4 Å². The van der Waals surface area contributed by atoms with Crippen molar-refractivity contribution in [2.24, 2.45) is 11.8 Å². The number of benzene rings is 1. The number of rotatable bonds is 11. The predicted octanol–water partition coefficient (Wildman–Crippen LogP) is 6.43. The molecule has 4 amide bonds. The molecule has 4 atom stereocenters. The van der Waals surface area contributed by atoms with Crippen molar-refractivity contribution >= 4 is 24.0 Å². The van der Waals surface area contributed by atoms with E-state index in [9.17, 15) is 19.2 Å². The molecule has 14 heteroatoms. The zero-order valence-electron chi connectivity index (χ0n) is 33.7. The molecular weight excluding hydrogens is 713 g/mol. The highest BCUT2D eigenvalue weighted by Gasteiger charge is 2.51. The molecule has 4 N–H and O–H groups in total. The van der Waals surface area contributed by atoms with Gasteiger partial charge in [0.2, 0.25) is 11.8 Å². The molecule has 4 heterocycles. The number of H-pyrrole nitrogens is 2. The number of amides is 4. The maximum atomic E-state index is 13.7. The van der Waals surface area contributed by atoms with Crippen LogP contribution in [0.5, 0.6) is 0 Å². The predicted molar refractivity (Wildman–Crippen MR) is 209 cm³/mol. The Morgan fingerprint density at radius 3 is 1.75 bits per heavy atom. The van der Waals surface area contributed by atoms with E-state index in [-0.39, 0.29) is 46.6 Å². The summed E-state index contributed by atoms with van der Waals surface area (Å²) in [5.74, 6) is 1.19. The second-order valence-corrected chi connectivity index (χ2v) is 17.1. The summed E-state index contributed by atoms with van der Waals surface area (Å²) in [7, 11) is 2.61. The second-order valence-electron chi connectivity index (χ2n) is 17.1. The molecule has 3 aliphatic carbocycles. The Morgan fingerprint density at radius 2 is 1.23 bits per heavy atom. The van der Waals surface area contributed by atoms with Crippen molar-refractivity contribution in [3.05, 3.63) is 59.6 Å². The fraction of sp³-hybridized carbons (Fsp3) is 0.619. The zero-order valence-corrected chi connectivity index (χ0v) is 33.7. The minimum atomic E-state index is -0.678. The number of alkyl carbamates (subject to hydrolysis) is 2. The second kappa shape index (κ2) is 15.9. The van der Waals surface area contributed by atoms with Gasteiger partial charge >= 0.3 is 12.2 Å². The summed E-state index contributed by atoms with van der Waals surface area (Å²) in [5, 5.41) is 5.46. The van der Waals surface area contributed by atoms with Gasteiger partial charge in [0.25, 0.3) is 0 Å². The van der Waals surface area contributed by atoms with Gasteiger partial charge in [-0.15, -0.1) is 0 Å². The number of methoxy groups -OCH3 is 2. The van der Waals surface area contributed by atoms with Crippen LogP contribution >= 0.6 is 0 Å². The fourth-order valence-corrected chi connectivity index (χ4v) is 9.85. The van der Waals surface area contributed by atoms with Crippen LogP contribution in [0.1, 0.15) is 127 Å². The summed E-state index contributed by atoms with van der Waals surface area (Å²) < 4.78 is 9.59. The monoisotopic (exact) mass is 770 g/mol. The van der Waals surface area contributed by atoms with Gasteiger partial charge in [-0.2, -0.15) is 0 Å². The van der Waals surface area contributed by atoms with Crippen LogP contribution in [0.25, 0.3) is 11.3 Å². The first-order chi connectivity index (χ1) is 26.9. The Labute approximate surface area is 329 Å². The number of carbonyl (C=O) groups excluding carboxylic acids is 4. The summed E-state index contributed by atoms with van der Waals surface area (Å²) in [6.45, 7) is 8.93. The molecule has 5 fully saturated rings. The summed E-state index contributed by atoms with van der Waals surface area (Å²) in [4.78, 5) is 72.1. The standard InChI is InChI=1S/C42H58N8O6/c1-25(2)33(47-39(53)55-5)37(51)49-20-8-12-30(49)35-43-23-29(45-35)27-10-7-11-28(22-27)41-14-17-42(18-15-41,19-16-41)32-24-44-36(46-32)31-13-9-21-50(31)38(52)34(26(3)4)48-40(54)56-6/h7,10-11,22-26,30-31,33-34H,8-9,12-21H2,1-6H3,(H,43,45)(H,44,46)(H,47,53)(H,48,54)/t30-,31-,33?,34-,41?,42?/m0/s1. The first-order valence-electron chi connectivity index (χ1n) is 20.4. The van der Waals surface area contributed by atoms with E-state index in [2.05, 4.69) is 44.9 Å². The third kappa shape index (κ3) is 7.38. The van der Waals surface area contributed by atoms with Crippen LogP contribution in [0.4, 0.5) is 9.59 Å². The van der Waals surface area contributed by atoms with Gasteiger partial charge in [-0.25, -0.2) is 19.6 Å². The molecule has 56 heavy (non-hydrogen) atoms. The molecule has 0 spiro atoms. The number of nitrogens with zero attached hydrogens (tertiary/aromatic N) is 4. The Bertz CT molecular complexity index is 1890. The van der Waals surface area contributed by atoms with Gasteiger partial charge in [0.15, 0.2) is 0 Å². The van der Waals surface area contributed by atoms with E-state index in [0.29, 0.717) is 13.1 Å². The minimum absolute atomic E-state index is 0.0365. The van der Waals surface area contributed by atoms with Crippen molar-refractivity contribution < 1.29 is 28.7 Å². The third-order valence-electron chi connectivity index (χ3n) is 13.3. The molecule has 302 valence electrons. The maximum Gasteiger partial charge on any atom is 0.407 e. The van der Waals surface area contributed by atoms with Crippen LogP contribution in [0.2, 0.25) is 0 Å². The van der Waals surface area contributed by atoms with Gasteiger partial charge in [0.1, 0.15) is 23.7 Å². The quantitative estimate of drug-likeness (QED) is 0.173. The van der Waals surface area contributed by atoms with E-state index in [1.54, 1.807) is 0 Å². The number of aromatic amines is 2. The number of aromatic nitrogens is 4. The molecule has 3 saturated carbocycles. The molecule has 2 saturated heterocycles. The lowest BCUT2D eigenvalue weighted by atomic mass is 9.51. The highest BCUT2D eigenvalue weighted by atomic mass is 16.5. The number of likely N-dealkylation sites (tertiary alicyclic amines) is 2. The maximum absolute atomic E-state index is 13.7. The Hall–Kier alpha value is -4.88. The number of ether oxygens (including phenoxy) is 2. The summed E-state index contributed by atoms with van der Waals surface area (Å²) in [5.41, 5.74) is 4.68. The largest absolute Gasteiger partial charge is 0.453 e. The Kier molecular flexibility index (Phi) is 11.2. The lowest BCUT2D eigenvalue weighted by Gasteiger charge is -2.53. The van der Waals surface area contributed by atoms with Crippen LogP contribution in [0.15, 0.2) is 36.7 Å². The molecule has 1 aromatic carbocycles. The van der Waals surface area contributed by atoms with Gasteiger partial charge in [-0.05, 0) is 98.7 Å². The molecule has 8 rings (SSSR count). The fourth-order valence-electron chi connectivity index (χ4n) is 9.85. The van der Waals surface area contributed by atoms with Crippen LogP contribution in [0, 0.1) is 11.8 Å². The molecule has 2 aromatic heterocycles. The van der Waals surface area contributed by atoms with E-state index in [1.165, 1.54) is 25.5 Å². The van der Waals surface area contributed by atoms with E-state index >= 15 is 0 Å². The van der Waals surface area contributed by atoms with Gasteiger partial charge in [-0.3, -0.25) is 9.59 Å². The van der Waals surface area contributed by atoms with Crippen LogP contribution in [-0.4, -0.2) is 93.1 Å². The molecule has 3 aromatic rings. The van der Waals surface area contributed by atoms with Crippen molar-refractivity contribution in [2.75, 3.05) is 27.3 Å². The van der Waals surface area contributed by atoms with E-state index in [4.69, 9.17) is 19.4 Å². The topological polar surface area (TPSA) is 175 Å². The number of fused-ring (bicyclic) bond motifs is 3. The molecule has 5 aliphatic rings. The summed E-state index contributed by atoms with van der Waals surface area (Å²) >= 11 is 0. The minimum Gasteiger partial charge on any atom is -0.453 e. The Morgan fingerprint density at radius 1 is 0.732 bits per heavy atom. The van der Waals surface area contributed by atoms with E-state index in [0.717, 1.165) is 87.1 Å². The number of hydrogen-bond acceptors (Lipinski definition) is 8. The molecule has 1 unspecified atom stereocenters. The van der Waals surface area contributed by atoms with Crippen molar-refractivity contribution in [2.45, 2.75) is 127 Å². The summed E-state index contributed by atoms with van der Waals surface area (Å²) in [6.07, 6.45) is 12.5.